The third-order valence-electron chi connectivity index (χ3n) is 3.32. The van der Waals surface area contributed by atoms with Crippen LogP contribution in [0.5, 0.6) is 0 Å². The average Bonchev–Trinajstić information content (AvgIpc) is 2.39. The first kappa shape index (κ1) is 18.9. The highest BCUT2D eigenvalue weighted by Crippen LogP contribution is 2.10. The maximum Gasteiger partial charge on any atom is 0.320 e. The number of hydrogen-bond acceptors (Lipinski definition) is 4. The quantitative estimate of drug-likeness (QED) is 0.383. The number of hydrogen-bond donors (Lipinski definition) is 4. The van der Waals surface area contributed by atoms with Crippen molar-refractivity contribution in [2.75, 3.05) is 6.54 Å². The van der Waals surface area contributed by atoms with Gasteiger partial charge in [0.15, 0.2) is 0 Å². The van der Waals surface area contributed by atoms with Crippen molar-refractivity contribution in [1.29, 1.82) is 0 Å². The summed E-state index contributed by atoms with van der Waals surface area (Å²) in [6.45, 7) is 2.20. The molecule has 0 aliphatic carbocycles. The highest BCUT2D eigenvalue weighted by atomic mass is 16.4. The molecule has 0 aromatic carbocycles. The first-order valence-corrected chi connectivity index (χ1v) is 7.40. The first-order valence-electron chi connectivity index (χ1n) is 7.40. The van der Waals surface area contributed by atoms with Crippen LogP contribution >= 0.6 is 0 Å². The predicted molar refractivity (Wildman–Crippen MR) is 77.6 cm³/mol. The van der Waals surface area contributed by atoms with Gasteiger partial charge in [-0.25, -0.2) is 0 Å². The van der Waals surface area contributed by atoms with Gasteiger partial charge < -0.3 is 15.9 Å². The SMILES string of the molecule is C[C@@H](N[C@@H](CCCCCCCCCN)C(=O)O)C(=O)O. The van der Waals surface area contributed by atoms with Crippen molar-refractivity contribution >= 4 is 11.9 Å². The van der Waals surface area contributed by atoms with E-state index in [0.717, 1.165) is 45.1 Å². The minimum Gasteiger partial charge on any atom is -0.480 e. The summed E-state index contributed by atoms with van der Waals surface area (Å²) in [5, 5.41) is 20.4. The van der Waals surface area contributed by atoms with E-state index in [1.165, 1.54) is 13.3 Å². The maximum atomic E-state index is 11.0. The van der Waals surface area contributed by atoms with E-state index in [9.17, 15) is 9.59 Å². The molecule has 0 amide bonds. The summed E-state index contributed by atoms with van der Waals surface area (Å²) in [5.41, 5.74) is 5.41. The molecule has 0 unspecified atom stereocenters. The minimum absolute atomic E-state index is 0.468. The fraction of sp³-hybridized carbons (Fsp3) is 0.857. The minimum atomic E-state index is -1.03. The molecule has 0 saturated heterocycles. The first-order chi connectivity index (χ1) is 9.49. The molecule has 0 aromatic rings. The summed E-state index contributed by atoms with van der Waals surface area (Å²) in [5.74, 6) is -2.02. The molecular formula is C14H28N2O4. The molecule has 5 N–H and O–H groups in total. The Hall–Kier alpha value is -1.14. The van der Waals surface area contributed by atoms with Crippen molar-refractivity contribution in [3.8, 4) is 0 Å². The summed E-state index contributed by atoms with van der Waals surface area (Å²) >= 11 is 0. The predicted octanol–water partition coefficient (Wildman–Crippen LogP) is 1.58. The lowest BCUT2D eigenvalue weighted by molar-refractivity contribution is -0.142. The van der Waals surface area contributed by atoms with Crippen molar-refractivity contribution in [1.82, 2.24) is 5.32 Å². The second-order valence-corrected chi connectivity index (χ2v) is 5.17. The molecule has 0 fully saturated rings. The van der Waals surface area contributed by atoms with Crippen molar-refractivity contribution in [3.63, 3.8) is 0 Å². The summed E-state index contributed by atoms with van der Waals surface area (Å²) < 4.78 is 0. The molecule has 0 aromatic heterocycles. The van der Waals surface area contributed by atoms with E-state index in [4.69, 9.17) is 15.9 Å². The van der Waals surface area contributed by atoms with Crippen molar-refractivity contribution in [2.45, 2.75) is 70.4 Å². The fourth-order valence-electron chi connectivity index (χ4n) is 2.03. The van der Waals surface area contributed by atoms with Crippen molar-refractivity contribution in [3.05, 3.63) is 0 Å². The van der Waals surface area contributed by atoms with E-state index in [1.807, 2.05) is 0 Å². The highest BCUT2D eigenvalue weighted by Gasteiger charge is 2.21. The topological polar surface area (TPSA) is 113 Å². The Morgan fingerprint density at radius 3 is 1.90 bits per heavy atom. The molecule has 118 valence electrons. The smallest absolute Gasteiger partial charge is 0.320 e. The van der Waals surface area contributed by atoms with Gasteiger partial charge in [0.25, 0.3) is 0 Å². The van der Waals surface area contributed by atoms with E-state index < -0.39 is 24.0 Å². The third-order valence-corrected chi connectivity index (χ3v) is 3.32. The Bertz CT molecular complexity index is 284. The number of nitrogens with two attached hydrogens (primary N) is 1. The van der Waals surface area contributed by atoms with Crippen LogP contribution in [0.4, 0.5) is 0 Å². The van der Waals surface area contributed by atoms with E-state index in [0.29, 0.717) is 6.42 Å². The van der Waals surface area contributed by atoms with Crippen LogP contribution in [0.3, 0.4) is 0 Å². The van der Waals surface area contributed by atoms with Gasteiger partial charge >= 0.3 is 11.9 Å². The Balaban J connectivity index is 3.71. The lowest BCUT2D eigenvalue weighted by Crippen LogP contribution is -2.45. The van der Waals surface area contributed by atoms with Crippen LogP contribution in [-0.2, 0) is 9.59 Å². The van der Waals surface area contributed by atoms with Gasteiger partial charge in [0.05, 0.1) is 0 Å². The highest BCUT2D eigenvalue weighted by molar-refractivity contribution is 5.77. The Labute approximate surface area is 120 Å². The number of nitrogens with one attached hydrogen (secondary N) is 1. The molecule has 6 heteroatoms. The van der Waals surface area contributed by atoms with Crippen LogP contribution in [0, 0.1) is 0 Å². The molecule has 0 radical (unpaired) electrons. The van der Waals surface area contributed by atoms with Crippen LogP contribution in [0.1, 0.15) is 58.3 Å². The van der Waals surface area contributed by atoms with Gasteiger partial charge in [-0.2, -0.15) is 0 Å². The van der Waals surface area contributed by atoms with Crippen LogP contribution < -0.4 is 11.1 Å². The number of rotatable bonds is 13. The summed E-state index contributed by atoms with van der Waals surface area (Å²) in [7, 11) is 0. The van der Waals surface area contributed by atoms with E-state index in [1.54, 1.807) is 0 Å². The van der Waals surface area contributed by atoms with Crippen molar-refractivity contribution < 1.29 is 19.8 Å². The molecule has 0 aliphatic heterocycles. The monoisotopic (exact) mass is 288 g/mol. The number of aliphatic carboxylic acids is 2. The van der Waals surface area contributed by atoms with Crippen LogP contribution in [0.25, 0.3) is 0 Å². The Kier molecular flexibility index (Phi) is 11.0. The zero-order valence-electron chi connectivity index (χ0n) is 12.3. The van der Waals surface area contributed by atoms with Gasteiger partial charge in [-0.3, -0.25) is 14.9 Å². The van der Waals surface area contributed by atoms with Gasteiger partial charge in [-0.05, 0) is 26.3 Å². The summed E-state index contributed by atoms with van der Waals surface area (Å²) in [4.78, 5) is 21.7. The van der Waals surface area contributed by atoms with Crippen LogP contribution in [0.2, 0.25) is 0 Å². The largest absolute Gasteiger partial charge is 0.480 e. The van der Waals surface area contributed by atoms with E-state index in [-0.39, 0.29) is 0 Å². The number of carboxylic acid groups (broad SMARTS) is 2. The lowest BCUT2D eigenvalue weighted by Gasteiger charge is -2.17. The zero-order valence-corrected chi connectivity index (χ0v) is 12.3. The lowest BCUT2D eigenvalue weighted by atomic mass is 10.0. The van der Waals surface area contributed by atoms with Crippen LogP contribution in [-0.4, -0.2) is 40.8 Å². The van der Waals surface area contributed by atoms with Gasteiger partial charge in [-0.15, -0.1) is 0 Å². The number of carbonyl (C=O) groups is 2. The summed E-state index contributed by atoms with van der Waals surface area (Å²) in [6, 6.07) is -1.62. The Morgan fingerprint density at radius 2 is 1.45 bits per heavy atom. The molecule has 2 atom stereocenters. The van der Waals surface area contributed by atoms with Crippen LogP contribution in [0.15, 0.2) is 0 Å². The standard InChI is InChI=1S/C14H28N2O4/c1-11(13(17)18)16-12(14(19)20)9-7-5-3-2-4-6-8-10-15/h11-12,16H,2-10,15H2,1H3,(H,17,18)(H,19,20)/t11-,12+/m1/s1. The maximum absolute atomic E-state index is 11.0. The molecule has 6 nitrogen and oxygen atoms in total. The molecular weight excluding hydrogens is 260 g/mol. The van der Waals surface area contributed by atoms with Crippen molar-refractivity contribution in [2.24, 2.45) is 5.73 Å². The molecule has 20 heavy (non-hydrogen) atoms. The van der Waals surface area contributed by atoms with E-state index >= 15 is 0 Å². The van der Waals surface area contributed by atoms with Gasteiger partial charge in [0.1, 0.15) is 12.1 Å². The van der Waals surface area contributed by atoms with Gasteiger partial charge in [-0.1, -0.05) is 38.5 Å². The second-order valence-electron chi connectivity index (χ2n) is 5.17. The van der Waals surface area contributed by atoms with E-state index in [2.05, 4.69) is 5.32 Å². The number of carboxylic acids is 2. The molecule has 0 saturated carbocycles. The van der Waals surface area contributed by atoms with Gasteiger partial charge in [0, 0.05) is 0 Å². The van der Waals surface area contributed by atoms with Gasteiger partial charge in [0.2, 0.25) is 0 Å². The second kappa shape index (κ2) is 11.7. The molecule has 0 aliphatic rings. The molecule has 0 spiro atoms. The molecule has 0 rings (SSSR count). The third kappa shape index (κ3) is 9.75. The number of unbranched alkanes of at least 4 members (excludes halogenated alkanes) is 6. The Morgan fingerprint density at radius 1 is 0.950 bits per heavy atom. The molecule has 0 heterocycles. The fourth-order valence-corrected chi connectivity index (χ4v) is 2.03. The zero-order chi connectivity index (χ0) is 15.4. The molecule has 0 bridgehead atoms. The normalized spacial score (nSPS) is 13.9. The summed E-state index contributed by atoms with van der Waals surface area (Å²) in [6.07, 6.45) is 7.89. The average molecular weight is 288 g/mol.